The van der Waals surface area contributed by atoms with Crippen LogP contribution in [0.3, 0.4) is 0 Å². The average molecular weight is 409 g/mol. The number of halogens is 2. The summed E-state index contributed by atoms with van der Waals surface area (Å²) in [6, 6.07) is 10.9. The topological polar surface area (TPSA) is 85.8 Å². The van der Waals surface area contributed by atoms with E-state index in [0.717, 1.165) is 17.7 Å². The number of aryl methyl sites for hydroxylation is 1. The van der Waals surface area contributed by atoms with Crippen molar-refractivity contribution in [1.29, 1.82) is 0 Å². The molecule has 4 rings (SSSR count). The summed E-state index contributed by atoms with van der Waals surface area (Å²) in [5.41, 5.74) is 1.40. The number of hydrogen-bond donors (Lipinski definition) is 1. The molecule has 0 aliphatic heterocycles. The minimum absolute atomic E-state index is 0.0102. The van der Waals surface area contributed by atoms with Gasteiger partial charge >= 0.3 is 0 Å². The largest absolute Gasteiger partial charge is 0.441 e. The van der Waals surface area contributed by atoms with Crippen LogP contribution >= 0.6 is 0 Å². The molecule has 1 amide bonds. The lowest BCUT2D eigenvalue weighted by Crippen LogP contribution is -2.12. The second-order valence-electron chi connectivity index (χ2n) is 6.55. The number of oxazole rings is 1. The molecule has 0 fully saturated rings. The van der Waals surface area contributed by atoms with E-state index >= 15 is 0 Å². The Morgan fingerprint density at radius 2 is 1.87 bits per heavy atom. The van der Waals surface area contributed by atoms with Gasteiger partial charge < -0.3 is 9.73 Å². The number of aromatic nitrogens is 4. The highest BCUT2D eigenvalue weighted by atomic mass is 19.1. The Balaban J connectivity index is 1.31. The van der Waals surface area contributed by atoms with Crippen molar-refractivity contribution in [2.45, 2.75) is 19.4 Å². The summed E-state index contributed by atoms with van der Waals surface area (Å²) < 4.78 is 34.8. The Morgan fingerprint density at radius 1 is 1.10 bits per heavy atom. The van der Waals surface area contributed by atoms with Crippen LogP contribution in [0.1, 0.15) is 17.9 Å². The lowest BCUT2D eigenvalue weighted by molar-refractivity contribution is -0.116. The molecule has 0 spiro atoms. The Labute approximate surface area is 170 Å². The molecule has 30 heavy (non-hydrogen) atoms. The highest BCUT2D eigenvalue weighted by Gasteiger charge is 2.16. The Bertz CT molecular complexity index is 1120. The number of carbonyl (C=O) groups excluding carboxylic acids is 1. The smallest absolute Gasteiger partial charge is 0.224 e. The van der Waals surface area contributed by atoms with Gasteiger partial charge in [-0.25, -0.2) is 23.4 Å². The van der Waals surface area contributed by atoms with Gasteiger partial charge in [-0.15, -0.1) is 0 Å². The van der Waals surface area contributed by atoms with Gasteiger partial charge in [0.25, 0.3) is 0 Å². The molecule has 7 nitrogen and oxygen atoms in total. The molecule has 0 bridgehead atoms. The van der Waals surface area contributed by atoms with Crippen molar-refractivity contribution in [3.8, 4) is 11.3 Å². The Hall–Kier alpha value is -3.88. The zero-order chi connectivity index (χ0) is 20.9. The molecule has 0 aliphatic rings. The number of nitrogens with zero attached hydrogens (tertiary/aromatic N) is 4. The molecule has 2 aromatic carbocycles. The average Bonchev–Trinajstić information content (AvgIpc) is 3.40. The molecule has 2 aromatic heterocycles. The normalized spacial score (nSPS) is 10.9. The molecule has 9 heteroatoms. The molecule has 0 unspecified atom stereocenters. The summed E-state index contributed by atoms with van der Waals surface area (Å²) in [6.45, 7) is 0.587. The van der Waals surface area contributed by atoms with E-state index in [1.807, 2.05) is 12.1 Å². The maximum Gasteiger partial charge on any atom is 0.224 e. The van der Waals surface area contributed by atoms with Gasteiger partial charge in [0, 0.05) is 18.5 Å². The first-order valence-corrected chi connectivity index (χ1v) is 9.19. The van der Waals surface area contributed by atoms with Crippen molar-refractivity contribution in [2.24, 2.45) is 0 Å². The first-order chi connectivity index (χ1) is 14.6. The van der Waals surface area contributed by atoms with Gasteiger partial charge in [-0.1, -0.05) is 18.2 Å². The van der Waals surface area contributed by atoms with E-state index in [1.165, 1.54) is 18.6 Å². The van der Waals surface area contributed by atoms with Crippen LogP contribution in [-0.4, -0.2) is 25.7 Å². The molecule has 4 aromatic rings. The van der Waals surface area contributed by atoms with Gasteiger partial charge in [0.05, 0.1) is 18.3 Å². The zero-order valence-corrected chi connectivity index (χ0v) is 15.8. The van der Waals surface area contributed by atoms with Crippen molar-refractivity contribution >= 4 is 11.6 Å². The summed E-state index contributed by atoms with van der Waals surface area (Å²) in [7, 11) is 0. The van der Waals surface area contributed by atoms with Crippen molar-refractivity contribution < 1.29 is 18.0 Å². The summed E-state index contributed by atoms with van der Waals surface area (Å²) in [5.74, 6) is -1.48. The van der Waals surface area contributed by atoms with Crippen molar-refractivity contribution in [1.82, 2.24) is 19.7 Å². The maximum atomic E-state index is 13.8. The van der Waals surface area contributed by atoms with Crippen molar-refractivity contribution in [3.63, 3.8) is 0 Å². The number of benzene rings is 2. The van der Waals surface area contributed by atoms with E-state index < -0.39 is 11.6 Å². The predicted molar refractivity (Wildman–Crippen MR) is 104 cm³/mol. The summed E-state index contributed by atoms with van der Waals surface area (Å²) in [5, 5.41) is 6.84. The van der Waals surface area contributed by atoms with Gasteiger partial charge in [0.1, 0.15) is 24.3 Å². The van der Waals surface area contributed by atoms with Crippen LogP contribution < -0.4 is 5.32 Å². The minimum atomic E-state index is -0.734. The van der Waals surface area contributed by atoms with Gasteiger partial charge in [0.15, 0.2) is 11.7 Å². The monoisotopic (exact) mass is 409 g/mol. The van der Waals surface area contributed by atoms with E-state index in [-0.39, 0.29) is 36.0 Å². The van der Waals surface area contributed by atoms with Crippen LogP contribution in [-0.2, 0) is 17.8 Å². The van der Waals surface area contributed by atoms with Crippen molar-refractivity contribution in [3.05, 3.63) is 84.4 Å². The first kappa shape index (κ1) is 19.4. The van der Waals surface area contributed by atoms with Crippen LogP contribution in [0.4, 0.5) is 14.5 Å². The van der Waals surface area contributed by atoms with Crippen molar-refractivity contribution in [2.75, 3.05) is 5.32 Å². The quantitative estimate of drug-likeness (QED) is 0.501. The van der Waals surface area contributed by atoms with Crippen LogP contribution in [0.15, 0.2) is 65.7 Å². The highest BCUT2D eigenvalue weighted by molar-refractivity contribution is 5.90. The summed E-state index contributed by atoms with van der Waals surface area (Å²) >= 11 is 0. The number of hydrogen-bond acceptors (Lipinski definition) is 5. The maximum absolute atomic E-state index is 13.8. The fourth-order valence-corrected chi connectivity index (χ4v) is 2.91. The second kappa shape index (κ2) is 8.64. The Kier molecular flexibility index (Phi) is 5.60. The first-order valence-electron chi connectivity index (χ1n) is 9.19. The fourth-order valence-electron chi connectivity index (χ4n) is 2.91. The Morgan fingerprint density at radius 3 is 2.57 bits per heavy atom. The van der Waals surface area contributed by atoms with Crippen LogP contribution in [0, 0.1) is 11.6 Å². The number of amides is 1. The van der Waals surface area contributed by atoms with Gasteiger partial charge in [-0.3, -0.25) is 4.79 Å². The van der Waals surface area contributed by atoms with E-state index in [9.17, 15) is 13.6 Å². The lowest BCUT2D eigenvalue weighted by atomic mass is 10.1. The minimum Gasteiger partial charge on any atom is -0.441 e. The standard InChI is InChI=1S/C21H17F2N5O2/c22-16-2-1-3-17(23)21(16)18-10-25-20(30-18)9-8-19(29)27-15-6-4-14(5-7-15)11-28-13-24-12-26-28/h1-7,10,12-13H,8-9,11H2,(H,27,29). The number of rotatable bonds is 7. The molecule has 1 N–H and O–H groups in total. The van der Waals surface area contributed by atoms with Gasteiger partial charge in [-0.2, -0.15) is 5.10 Å². The van der Waals surface area contributed by atoms with Crippen LogP contribution in [0.5, 0.6) is 0 Å². The molecule has 0 aliphatic carbocycles. The molecular formula is C21H17F2N5O2. The molecule has 0 saturated heterocycles. The molecule has 0 atom stereocenters. The molecule has 2 heterocycles. The number of carbonyl (C=O) groups is 1. The third kappa shape index (κ3) is 4.57. The SMILES string of the molecule is O=C(CCc1ncc(-c2c(F)cccc2F)o1)Nc1ccc(Cn2cncn2)cc1. The van der Waals surface area contributed by atoms with E-state index in [0.29, 0.717) is 12.2 Å². The molecule has 0 saturated carbocycles. The van der Waals surface area contributed by atoms with E-state index in [2.05, 4.69) is 20.4 Å². The molecular weight excluding hydrogens is 392 g/mol. The number of nitrogens with one attached hydrogen (secondary N) is 1. The van der Waals surface area contributed by atoms with Gasteiger partial charge in [-0.05, 0) is 29.8 Å². The third-order valence-corrected chi connectivity index (χ3v) is 4.38. The van der Waals surface area contributed by atoms with Gasteiger partial charge in [0.2, 0.25) is 5.91 Å². The van der Waals surface area contributed by atoms with E-state index in [1.54, 1.807) is 23.1 Å². The summed E-state index contributed by atoms with van der Waals surface area (Å²) in [6.07, 6.45) is 4.66. The lowest BCUT2D eigenvalue weighted by Gasteiger charge is -2.06. The summed E-state index contributed by atoms with van der Waals surface area (Å²) in [4.78, 5) is 20.1. The number of anilines is 1. The van der Waals surface area contributed by atoms with Crippen LogP contribution in [0.25, 0.3) is 11.3 Å². The second-order valence-corrected chi connectivity index (χ2v) is 6.55. The zero-order valence-electron chi connectivity index (χ0n) is 15.8. The highest BCUT2D eigenvalue weighted by Crippen LogP contribution is 2.26. The van der Waals surface area contributed by atoms with Crippen LogP contribution in [0.2, 0.25) is 0 Å². The predicted octanol–water partition coefficient (Wildman–Crippen LogP) is 3.83. The molecule has 152 valence electrons. The third-order valence-electron chi connectivity index (χ3n) is 4.38. The molecule has 0 radical (unpaired) electrons. The fraction of sp³-hybridized carbons (Fsp3) is 0.143. The van der Waals surface area contributed by atoms with E-state index in [4.69, 9.17) is 4.42 Å².